The summed E-state index contributed by atoms with van der Waals surface area (Å²) in [7, 11) is 5.84. The highest BCUT2D eigenvalue weighted by Crippen LogP contribution is 2.50. The zero-order chi connectivity index (χ0) is 36.1. The summed E-state index contributed by atoms with van der Waals surface area (Å²) in [6.07, 6.45) is 3.19. The van der Waals surface area contributed by atoms with Gasteiger partial charge in [0.15, 0.2) is 46.0 Å². The molecule has 11 nitrogen and oxygen atoms in total. The summed E-state index contributed by atoms with van der Waals surface area (Å²) >= 11 is 0. The highest BCUT2D eigenvalue weighted by Gasteiger charge is 2.36. The third kappa shape index (κ3) is 6.58. The number of aliphatic hydroxyl groups is 1. The van der Waals surface area contributed by atoms with E-state index in [9.17, 15) is 35.1 Å². The first-order chi connectivity index (χ1) is 24.1. The maximum atomic E-state index is 11.6. The number of methoxy groups -OCH3 is 4. The van der Waals surface area contributed by atoms with Crippen LogP contribution in [0.5, 0.6) is 46.0 Å². The lowest BCUT2D eigenvalue weighted by Crippen LogP contribution is -2.25. The van der Waals surface area contributed by atoms with Gasteiger partial charge in [-0.3, -0.25) is 9.59 Å². The first-order valence-corrected chi connectivity index (χ1v) is 15.3. The number of hydrogen-bond donors (Lipinski definition) is 5. The fraction of sp³-hybridized carbons (Fsp3) is 0.179. The van der Waals surface area contributed by atoms with Gasteiger partial charge in [0, 0.05) is 23.0 Å². The first-order valence-electron chi connectivity index (χ1n) is 15.3. The minimum Gasteiger partial charge on any atom is -0.504 e. The molecule has 0 heterocycles. The Kier molecular flexibility index (Phi) is 10.5. The second-order valence-corrected chi connectivity index (χ2v) is 11.4. The zero-order valence-electron chi connectivity index (χ0n) is 27.7. The number of hydrogen-bond acceptors (Lipinski definition) is 11. The monoisotopic (exact) mass is 680 g/mol. The summed E-state index contributed by atoms with van der Waals surface area (Å²) in [5.74, 6) is 0.249. The Morgan fingerprint density at radius 3 is 1.92 bits per heavy atom. The fourth-order valence-corrected chi connectivity index (χ4v) is 6.28. The van der Waals surface area contributed by atoms with Crippen LogP contribution in [0.3, 0.4) is 0 Å². The van der Waals surface area contributed by atoms with E-state index in [1.54, 1.807) is 60.7 Å². The molecule has 0 saturated carbocycles. The molecule has 0 aromatic heterocycles. The van der Waals surface area contributed by atoms with E-state index in [0.717, 1.165) is 45.6 Å². The highest BCUT2D eigenvalue weighted by atomic mass is 16.5. The summed E-state index contributed by atoms with van der Waals surface area (Å²) in [6.45, 7) is -0.267. The number of aliphatic hydroxyl groups excluding tert-OH is 1. The van der Waals surface area contributed by atoms with Gasteiger partial charge in [0.25, 0.3) is 0 Å². The van der Waals surface area contributed by atoms with Crippen LogP contribution in [0.1, 0.15) is 33.0 Å². The molecule has 0 radical (unpaired) electrons. The maximum Gasteiger partial charge on any atom is 0.164 e. The standard InChI is InChI=1S/C20H20O6.C19H16O5/c1-25-17-8-12(3-5-15(17)23)18-14(10-22)13(9-21)7-11-4-6-16(24)20(26-2)19(11)18;1-23-18-7-12(3-4-16(18)21)14-6-11(10-20)5-13-8-19(24-2)17(22)9-15(13)14/h3-9,14,18,22-24H,10H2,1-2H3;3-10,21-22H,1-2H3. The molecule has 0 spiro atoms. The fourth-order valence-electron chi connectivity index (χ4n) is 6.28. The van der Waals surface area contributed by atoms with Gasteiger partial charge >= 0.3 is 0 Å². The summed E-state index contributed by atoms with van der Waals surface area (Å²) in [5, 5.41) is 51.5. The third-order valence-corrected chi connectivity index (χ3v) is 8.67. The SMILES string of the molecule is COc1cc(-c2cc(C=O)cc3cc(OC)c(O)cc23)ccc1O.COc1cc(C2c3c(ccc(O)c3OC)C=C(C=O)C2CO)ccc1O. The third-order valence-electron chi connectivity index (χ3n) is 8.67. The number of ether oxygens (including phenoxy) is 4. The number of carbonyl (C=O) groups is 2. The number of benzene rings is 5. The highest BCUT2D eigenvalue weighted by molar-refractivity contribution is 6.02. The van der Waals surface area contributed by atoms with Crippen molar-refractivity contribution in [1.29, 1.82) is 0 Å². The van der Waals surface area contributed by atoms with Crippen LogP contribution in [0.2, 0.25) is 0 Å². The lowest BCUT2D eigenvalue weighted by atomic mass is 9.71. The van der Waals surface area contributed by atoms with Crippen LogP contribution in [-0.4, -0.2) is 73.2 Å². The van der Waals surface area contributed by atoms with Crippen LogP contribution in [0.25, 0.3) is 28.0 Å². The predicted molar refractivity (Wildman–Crippen MR) is 187 cm³/mol. The molecule has 5 aromatic rings. The van der Waals surface area contributed by atoms with Crippen molar-refractivity contribution in [2.24, 2.45) is 5.92 Å². The molecule has 2 atom stereocenters. The summed E-state index contributed by atoms with van der Waals surface area (Å²) in [5.41, 5.74) is 4.56. The number of phenolic OH excluding ortho intramolecular Hbond substituents is 4. The Morgan fingerprint density at radius 1 is 0.660 bits per heavy atom. The van der Waals surface area contributed by atoms with Gasteiger partial charge in [-0.25, -0.2) is 0 Å². The van der Waals surface area contributed by atoms with Gasteiger partial charge in [0.05, 0.1) is 35.0 Å². The van der Waals surface area contributed by atoms with Gasteiger partial charge in [-0.05, 0) is 99.3 Å². The molecule has 0 bridgehead atoms. The molecule has 6 rings (SSSR count). The molecule has 1 aliphatic carbocycles. The van der Waals surface area contributed by atoms with E-state index < -0.39 is 11.8 Å². The van der Waals surface area contributed by atoms with Crippen molar-refractivity contribution in [3.05, 3.63) is 101 Å². The lowest BCUT2D eigenvalue weighted by Gasteiger charge is -2.33. The Balaban J connectivity index is 0.000000195. The zero-order valence-corrected chi connectivity index (χ0v) is 27.7. The minimum atomic E-state index is -0.523. The first kappa shape index (κ1) is 35.1. The summed E-state index contributed by atoms with van der Waals surface area (Å²) < 4.78 is 20.9. The van der Waals surface area contributed by atoms with Crippen molar-refractivity contribution >= 4 is 29.4 Å². The van der Waals surface area contributed by atoms with Crippen molar-refractivity contribution in [1.82, 2.24) is 0 Å². The number of carbonyl (C=O) groups excluding carboxylic acids is 2. The van der Waals surface area contributed by atoms with Crippen LogP contribution >= 0.6 is 0 Å². The second-order valence-electron chi connectivity index (χ2n) is 11.4. The molecule has 0 amide bonds. The Morgan fingerprint density at radius 2 is 1.30 bits per heavy atom. The van der Waals surface area contributed by atoms with E-state index in [-0.39, 0.29) is 35.4 Å². The second kappa shape index (κ2) is 14.9. The van der Waals surface area contributed by atoms with Gasteiger partial charge in [-0.15, -0.1) is 0 Å². The van der Waals surface area contributed by atoms with Crippen molar-refractivity contribution in [3.8, 4) is 57.1 Å². The Bertz CT molecular complexity index is 2100. The van der Waals surface area contributed by atoms with E-state index in [0.29, 0.717) is 33.9 Å². The average molecular weight is 681 g/mol. The molecular formula is C39H36O11. The molecule has 1 aliphatic rings. The van der Waals surface area contributed by atoms with E-state index in [4.69, 9.17) is 18.9 Å². The van der Waals surface area contributed by atoms with Gasteiger partial charge in [-0.1, -0.05) is 18.2 Å². The minimum absolute atomic E-state index is 0.0100. The van der Waals surface area contributed by atoms with Gasteiger partial charge < -0.3 is 44.5 Å². The Hall–Kier alpha value is -6.20. The van der Waals surface area contributed by atoms with Crippen molar-refractivity contribution in [3.63, 3.8) is 0 Å². The number of rotatable bonds is 9. The largest absolute Gasteiger partial charge is 0.504 e. The predicted octanol–water partition coefficient (Wildman–Crippen LogP) is 6.20. The molecule has 50 heavy (non-hydrogen) atoms. The van der Waals surface area contributed by atoms with Crippen molar-refractivity contribution in [2.75, 3.05) is 35.0 Å². The number of aromatic hydroxyl groups is 4. The number of fused-ring (bicyclic) bond motifs is 2. The maximum absolute atomic E-state index is 11.6. The van der Waals surface area contributed by atoms with Gasteiger partial charge in [-0.2, -0.15) is 0 Å². The van der Waals surface area contributed by atoms with Crippen LogP contribution in [0.4, 0.5) is 0 Å². The van der Waals surface area contributed by atoms with Crippen LogP contribution in [0.15, 0.2) is 78.4 Å². The topological polar surface area (TPSA) is 172 Å². The van der Waals surface area contributed by atoms with E-state index in [2.05, 4.69) is 0 Å². The van der Waals surface area contributed by atoms with Crippen LogP contribution in [-0.2, 0) is 4.79 Å². The lowest BCUT2D eigenvalue weighted by molar-refractivity contribution is -0.105. The van der Waals surface area contributed by atoms with Crippen molar-refractivity contribution in [2.45, 2.75) is 5.92 Å². The molecule has 0 aliphatic heterocycles. The number of phenols is 4. The Labute approximate surface area is 287 Å². The quantitative estimate of drug-likeness (QED) is 0.112. The molecule has 258 valence electrons. The normalized spacial score (nSPS) is 14.8. The molecule has 2 unspecified atom stereocenters. The van der Waals surface area contributed by atoms with Crippen molar-refractivity contribution < 1.29 is 54.1 Å². The molecular weight excluding hydrogens is 644 g/mol. The number of aldehydes is 2. The summed E-state index contributed by atoms with van der Waals surface area (Å²) in [4.78, 5) is 22.9. The van der Waals surface area contributed by atoms with Crippen LogP contribution < -0.4 is 18.9 Å². The van der Waals surface area contributed by atoms with E-state index in [1.807, 2.05) is 0 Å². The molecule has 11 heteroatoms. The van der Waals surface area contributed by atoms with E-state index >= 15 is 0 Å². The van der Waals surface area contributed by atoms with Gasteiger partial charge in [0.2, 0.25) is 0 Å². The summed E-state index contributed by atoms with van der Waals surface area (Å²) in [6, 6.07) is 19.7. The van der Waals surface area contributed by atoms with Crippen LogP contribution in [0, 0.1) is 5.92 Å². The smallest absolute Gasteiger partial charge is 0.164 e. The average Bonchev–Trinajstić information content (AvgIpc) is 3.14. The molecule has 5 aromatic carbocycles. The molecule has 0 saturated heterocycles. The molecule has 5 N–H and O–H groups in total. The van der Waals surface area contributed by atoms with Gasteiger partial charge in [0.1, 0.15) is 12.6 Å². The molecule has 0 fully saturated rings. The van der Waals surface area contributed by atoms with E-state index in [1.165, 1.54) is 46.6 Å².